The molecule has 2 aliphatic carbocycles. The zero-order valence-corrected chi connectivity index (χ0v) is 20.9. The second kappa shape index (κ2) is 10.6. The molecule has 2 aromatic rings. The Bertz CT molecular complexity index is 1340. The summed E-state index contributed by atoms with van der Waals surface area (Å²) in [6, 6.07) is 9.34. The lowest BCUT2D eigenvalue weighted by Crippen LogP contribution is -2.28. The van der Waals surface area contributed by atoms with Gasteiger partial charge in [0.05, 0.1) is 11.4 Å². The van der Waals surface area contributed by atoms with Gasteiger partial charge in [-0.3, -0.25) is 15.0 Å². The van der Waals surface area contributed by atoms with Crippen molar-refractivity contribution in [3.63, 3.8) is 0 Å². The molecule has 4 rings (SSSR count). The summed E-state index contributed by atoms with van der Waals surface area (Å²) in [5.41, 5.74) is 7.02. The van der Waals surface area contributed by atoms with E-state index in [1.54, 1.807) is 0 Å². The SMILES string of the molecule is CC(=O)N/N=C(\C(=N)C1=CC=CC(c2nn(C(C)=O)nc2C2=CC=CCC2C)C1C)c1ccccc1. The predicted octanol–water partition coefficient (Wildman–Crippen LogP) is 4.69. The number of nitrogens with zero attached hydrogens (tertiary/aromatic N) is 4. The number of allylic oxidation sites excluding steroid dienone is 8. The maximum absolute atomic E-state index is 12.2. The van der Waals surface area contributed by atoms with E-state index in [9.17, 15) is 9.59 Å². The van der Waals surface area contributed by atoms with Crippen LogP contribution >= 0.6 is 0 Å². The van der Waals surface area contributed by atoms with Gasteiger partial charge in [-0.25, -0.2) is 5.43 Å². The molecule has 0 fully saturated rings. The Labute approximate surface area is 210 Å². The number of hydrogen-bond acceptors (Lipinski definition) is 6. The molecule has 184 valence electrons. The van der Waals surface area contributed by atoms with Crippen LogP contribution in [0.1, 0.15) is 61.8 Å². The molecule has 1 aromatic carbocycles. The zero-order chi connectivity index (χ0) is 25.8. The molecular weight excluding hydrogens is 452 g/mol. The van der Waals surface area contributed by atoms with Crippen molar-refractivity contribution in [2.45, 2.75) is 40.0 Å². The van der Waals surface area contributed by atoms with Gasteiger partial charge in [0, 0.05) is 25.3 Å². The molecule has 0 aliphatic heterocycles. The van der Waals surface area contributed by atoms with Gasteiger partial charge in [-0.15, -0.1) is 15.0 Å². The fourth-order valence-electron chi connectivity index (χ4n) is 4.51. The van der Waals surface area contributed by atoms with Crippen LogP contribution in [-0.2, 0) is 4.79 Å². The molecule has 2 N–H and O–H groups in total. The molecule has 36 heavy (non-hydrogen) atoms. The van der Waals surface area contributed by atoms with Crippen molar-refractivity contribution >= 4 is 28.8 Å². The highest BCUT2D eigenvalue weighted by atomic mass is 16.2. The summed E-state index contributed by atoms with van der Waals surface area (Å²) in [7, 11) is 0. The summed E-state index contributed by atoms with van der Waals surface area (Å²) in [6.45, 7) is 6.99. The lowest BCUT2D eigenvalue weighted by Gasteiger charge is -2.27. The first-order valence-corrected chi connectivity index (χ1v) is 12.0. The third-order valence-corrected chi connectivity index (χ3v) is 6.46. The van der Waals surface area contributed by atoms with E-state index >= 15 is 0 Å². The second-order valence-corrected chi connectivity index (χ2v) is 9.12. The monoisotopic (exact) mass is 482 g/mol. The average molecular weight is 483 g/mol. The van der Waals surface area contributed by atoms with E-state index in [-0.39, 0.29) is 35.3 Å². The van der Waals surface area contributed by atoms with Gasteiger partial charge in [0.15, 0.2) is 0 Å². The molecule has 1 aromatic heterocycles. The molecule has 1 heterocycles. The van der Waals surface area contributed by atoms with Crippen LogP contribution in [0, 0.1) is 17.2 Å². The van der Waals surface area contributed by atoms with E-state index in [0.29, 0.717) is 17.1 Å². The summed E-state index contributed by atoms with van der Waals surface area (Å²) in [4.78, 5) is 24.9. The molecule has 0 bridgehead atoms. The quantitative estimate of drug-likeness (QED) is 0.459. The average Bonchev–Trinajstić information content (AvgIpc) is 3.30. The van der Waals surface area contributed by atoms with Gasteiger partial charge in [-0.05, 0) is 29.4 Å². The highest BCUT2D eigenvalue weighted by Crippen LogP contribution is 2.39. The number of nitrogens with one attached hydrogen (secondary N) is 2. The molecule has 0 saturated heterocycles. The van der Waals surface area contributed by atoms with Crippen LogP contribution in [0.4, 0.5) is 0 Å². The minimum absolute atomic E-state index is 0.153. The predicted molar refractivity (Wildman–Crippen MR) is 141 cm³/mol. The second-order valence-electron chi connectivity index (χ2n) is 9.12. The molecule has 0 spiro atoms. The minimum Gasteiger partial charge on any atom is -0.298 e. The van der Waals surface area contributed by atoms with E-state index in [0.717, 1.165) is 27.9 Å². The Hall–Kier alpha value is -4.20. The van der Waals surface area contributed by atoms with Crippen molar-refractivity contribution < 1.29 is 9.59 Å². The number of hydrazone groups is 1. The molecule has 2 aliphatic rings. The van der Waals surface area contributed by atoms with Crippen LogP contribution in [0.3, 0.4) is 0 Å². The van der Waals surface area contributed by atoms with Gasteiger partial charge < -0.3 is 0 Å². The first kappa shape index (κ1) is 24.9. The summed E-state index contributed by atoms with van der Waals surface area (Å²) >= 11 is 0. The number of carbonyl (C=O) groups is 2. The highest BCUT2D eigenvalue weighted by molar-refractivity contribution is 6.52. The van der Waals surface area contributed by atoms with Gasteiger partial charge >= 0.3 is 0 Å². The maximum Gasteiger partial charge on any atom is 0.261 e. The topological polar surface area (TPSA) is 113 Å². The van der Waals surface area contributed by atoms with E-state index < -0.39 is 0 Å². The van der Waals surface area contributed by atoms with Crippen LogP contribution in [-0.4, -0.2) is 38.2 Å². The molecule has 8 heteroatoms. The smallest absolute Gasteiger partial charge is 0.261 e. The van der Waals surface area contributed by atoms with Crippen LogP contribution in [0.25, 0.3) is 5.57 Å². The summed E-state index contributed by atoms with van der Waals surface area (Å²) in [5.74, 6) is -0.678. The van der Waals surface area contributed by atoms with E-state index in [1.165, 1.54) is 13.8 Å². The normalized spacial score (nSPS) is 21.6. The zero-order valence-electron chi connectivity index (χ0n) is 20.9. The number of amides is 1. The van der Waals surface area contributed by atoms with Crippen molar-refractivity contribution in [3.8, 4) is 0 Å². The molecule has 0 radical (unpaired) electrons. The Morgan fingerprint density at radius 1 is 1.08 bits per heavy atom. The maximum atomic E-state index is 12.2. The van der Waals surface area contributed by atoms with Crippen molar-refractivity contribution in [2.75, 3.05) is 0 Å². The fraction of sp³-hybridized carbons (Fsp3) is 0.286. The Kier molecular flexibility index (Phi) is 7.33. The summed E-state index contributed by atoms with van der Waals surface area (Å²) < 4.78 is 0. The van der Waals surface area contributed by atoms with Gasteiger partial charge in [0.25, 0.3) is 5.91 Å². The Balaban J connectivity index is 1.73. The van der Waals surface area contributed by atoms with Crippen LogP contribution in [0.15, 0.2) is 77.5 Å². The van der Waals surface area contributed by atoms with Crippen LogP contribution < -0.4 is 5.43 Å². The number of carbonyl (C=O) groups excluding carboxylic acids is 2. The van der Waals surface area contributed by atoms with Gasteiger partial charge in [0.2, 0.25) is 5.91 Å². The number of rotatable bonds is 6. The first-order valence-electron chi connectivity index (χ1n) is 12.0. The molecular formula is C28H30N6O2. The Morgan fingerprint density at radius 2 is 1.83 bits per heavy atom. The lowest BCUT2D eigenvalue weighted by molar-refractivity contribution is -0.118. The van der Waals surface area contributed by atoms with Crippen LogP contribution in [0.5, 0.6) is 0 Å². The highest BCUT2D eigenvalue weighted by Gasteiger charge is 2.33. The van der Waals surface area contributed by atoms with Gasteiger partial charge in [-0.2, -0.15) is 5.10 Å². The van der Waals surface area contributed by atoms with Crippen molar-refractivity contribution in [2.24, 2.45) is 16.9 Å². The Morgan fingerprint density at radius 3 is 2.50 bits per heavy atom. The largest absolute Gasteiger partial charge is 0.298 e. The minimum atomic E-state index is -0.311. The van der Waals surface area contributed by atoms with Gasteiger partial charge in [-0.1, -0.05) is 80.6 Å². The number of hydrogen-bond donors (Lipinski definition) is 2. The molecule has 0 saturated carbocycles. The van der Waals surface area contributed by atoms with Crippen molar-refractivity contribution in [3.05, 3.63) is 89.3 Å². The van der Waals surface area contributed by atoms with E-state index in [1.807, 2.05) is 67.6 Å². The van der Waals surface area contributed by atoms with E-state index in [4.69, 9.17) is 5.41 Å². The summed E-state index contributed by atoms with van der Waals surface area (Å²) in [6.07, 6.45) is 12.9. The third kappa shape index (κ3) is 5.07. The van der Waals surface area contributed by atoms with Crippen LogP contribution in [0.2, 0.25) is 0 Å². The number of aromatic nitrogens is 3. The number of benzene rings is 1. The summed E-state index contributed by atoms with van der Waals surface area (Å²) in [5, 5.41) is 22.5. The fourth-order valence-corrected chi connectivity index (χ4v) is 4.51. The van der Waals surface area contributed by atoms with Gasteiger partial charge in [0.1, 0.15) is 11.4 Å². The molecule has 1 amide bonds. The van der Waals surface area contributed by atoms with Crippen molar-refractivity contribution in [1.29, 1.82) is 5.41 Å². The molecule has 3 unspecified atom stereocenters. The molecule has 3 atom stereocenters. The lowest BCUT2D eigenvalue weighted by atomic mass is 9.76. The van der Waals surface area contributed by atoms with E-state index in [2.05, 4.69) is 33.7 Å². The first-order chi connectivity index (χ1) is 17.3. The standard InChI is InChI=1S/C28H30N6O2/c1-17-11-8-9-14-22(17)27-28(33-34(32-27)20(4)36)24-16-10-15-23(18(24)2)25(29)26(31-30-19(3)35)21-12-6-5-7-13-21/h5-10,12-18,24,29H,11H2,1-4H3,(H,30,35)/b29-25?,31-26-. The third-order valence-electron chi connectivity index (χ3n) is 6.46. The molecule has 8 nitrogen and oxygen atoms in total. The van der Waals surface area contributed by atoms with Crippen molar-refractivity contribution in [1.82, 2.24) is 20.4 Å².